The fourth-order valence-corrected chi connectivity index (χ4v) is 4.68. The van der Waals surface area contributed by atoms with Gasteiger partial charge in [0.2, 0.25) is 5.91 Å². The van der Waals surface area contributed by atoms with Crippen molar-refractivity contribution in [3.05, 3.63) is 92.5 Å². The predicted molar refractivity (Wildman–Crippen MR) is 124 cm³/mol. The molecule has 0 saturated carbocycles. The van der Waals surface area contributed by atoms with Crippen molar-refractivity contribution in [2.75, 3.05) is 16.2 Å². The van der Waals surface area contributed by atoms with E-state index in [0.717, 1.165) is 4.31 Å². The van der Waals surface area contributed by atoms with Crippen molar-refractivity contribution in [1.82, 2.24) is 0 Å². The van der Waals surface area contributed by atoms with Gasteiger partial charge in [0.25, 0.3) is 15.7 Å². The number of nitrogens with zero attached hydrogens (tertiary/aromatic N) is 2. The monoisotopic (exact) mass is 493 g/mol. The third-order valence-corrected chi connectivity index (χ3v) is 7.11. The van der Waals surface area contributed by atoms with E-state index in [4.69, 9.17) is 23.2 Å². The van der Waals surface area contributed by atoms with E-state index in [1.165, 1.54) is 55.5 Å². The Kier molecular flexibility index (Phi) is 7.02. The molecule has 0 bridgehead atoms. The third-order valence-electron chi connectivity index (χ3n) is 4.59. The van der Waals surface area contributed by atoms with E-state index in [9.17, 15) is 23.3 Å². The predicted octanol–water partition coefficient (Wildman–Crippen LogP) is 5.04. The first-order valence-electron chi connectivity index (χ1n) is 9.18. The SMILES string of the molecule is Cc1c(NC(=O)CN(c2ccc(Cl)c(Cl)c2)S(=O)(=O)c2ccccc2)cccc1[N+](=O)[O-]. The lowest BCUT2D eigenvalue weighted by atomic mass is 10.1. The first-order chi connectivity index (χ1) is 15.1. The summed E-state index contributed by atoms with van der Waals surface area (Å²) < 4.78 is 27.5. The molecule has 0 unspecified atom stereocenters. The number of sulfonamides is 1. The van der Waals surface area contributed by atoms with Crippen molar-refractivity contribution in [3.63, 3.8) is 0 Å². The number of anilines is 2. The Bertz CT molecular complexity index is 1280. The first-order valence-corrected chi connectivity index (χ1v) is 11.4. The number of benzene rings is 3. The second-order valence-electron chi connectivity index (χ2n) is 6.68. The molecule has 8 nitrogen and oxygen atoms in total. The van der Waals surface area contributed by atoms with Crippen LogP contribution in [0.3, 0.4) is 0 Å². The van der Waals surface area contributed by atoms with E-state index in [2.05, 4.69) is 5.32 Å². The van der Waals surface area contributed by atoms with Gasteiger partial charge in [-0.1, -0.05) is 47.5 Å². The lowest BCUT2D eigenvalue weighted by molar-refractivity contribution is -0.385. The van der Waals surface area contributed by atoms with Crippen LogP contribution in [0.15, 0.2) is 71.6 Å². The zero-order valence-electron chi connectivity index (χ0n) is 16.7. The molecule has 0 heterocycles. The second-order valence-corrected chi connectivity index (χ2v) is 9.35. The van der Waals surface area contributed by atoms with Gasteiger partial charge in [-0.3, -0.25) is 19.2 Å². The molecule has 0 fully saturated rings. The highest BCUT2D eigenvalue weighted by molar-refractivity contribution is 7.92. The molecule has 0 radical (unpaired) electrons. The summed E-state index contributed by atoms with van der Waals surface area (Å²) in [6, 6.07) is 16.0. The number of halogens is 2. The van der Waals surface area contributed by atoms with Gasteiger partial charge in [-0.2, -0.15) is 0 Å². The van der Waals surface area contributed by atoms with Crippen molar-refractivity contribution in [3.8, 4) is 0 Å². The summed E-state index contributed by atoms with van der Waals surface area (Å²) in [5.74, 6) is -0.695. The van der Waals surface area contributed by atoms with Crippen LogP contribution in [0.1, 0.15) is 5.56 Å². The summed E-state index contributed by atoms with van der Waals surface area (Å²) in [7, 11) is -4.14. The van der Waals surface area contributed by atoms with Crippen LogP contribution in [0.5, 0.6) is 0 Å². The Morgan fingerprint density at radius 1 is 1.03 bits per heavy atom. The number of rotatable bonds is 7. The van der Waals surface area contributed by atoms with Gasteiger partial charge in [0, 0.05) is 6.07 Å². The number of hydrogen-bond acceptors (Lipinski definition) is 5. The zero-order valence-corrected chi connectivity index (χ0v) is 19.0. The van der Waals surface area contributed by atoms with Crippen molar-refractivity contribution >= 4 is 56.2 Å². The molecule has 1 amide bonds. The van der Waals surface area contributed by atoms with Gasteiger partial charge in [-0.05, 0) is 43.3 Å². The van der Waals surface area contributed by atoms with E-state index in [1.54, 1.807) is 18.2 Å². The van der Waals surface area contributed by atoms with Crippen molar-refractivity contribution in [2.45, 2.75) is 11.8 Å². The van der Waals surface area contributed by atoms with Crippen LogP contribution in [0.2, 0.25) is 10.0 Å². The summed E-state index contributed by atoms with van der Waals surface area (Å²) in [4.78, 5) is 23.4. The quantitative estimate of drug-likeness (QED) is 0.366. The number of carbonyl (C=O) groups excluding carboxylic acids is 1. The number of carbonyl (C=O) groups is 1. The number of nitrogens with one attached hydrogen (secondary N) is 1. The van der Waals surface area contributed by atoms with Crippen LogP contribution in [0.25, 0.3) is 0 Å². The molecule has 3 rings (SSSR count). The van der Waals surface area contributed by atoms with Gasteiger partial charge in [-0.15, -0.1) is 0 Å². The largest absolute Gasteiger partial charge is 0.324 e. The lowest BCUT2D eigenvalue weighted by Gasteiger charge is -2.24. The maximum atomic E-state index is 13.3. The molecule has 0 aliphatic carbocycles. The average Bonchev–Trinajstić information content (AvgIpc) is 2.76. The van der Waals surface area contributed by atoms with Gasteiger partial charge in [0.05, 0.1) is 36.8 Å². The zero-order chi connectivity index (χ0) is 23.5. The molecule has 0 spiro atoms. The number of amides is 1. The lowest BCUT2D eigenvalue weighted by Crippen LogP contribution is -2.38. The molecule has 0 atom stereocenters. The maximum absolute atomic E-state index is 13.3. The topological polar surface area (TPSA) is 110 Å². The molecule has 0 aromatic heterocycles. The summed E-state index contributed by atoms with van der Waals surface area (Å²) >= 11 is 12.0. The van der Waals surface area contributed by atoms with Crippen LogP contribution >= 0.6 is 23.2 Å². The molecule has 0 saturated heterocycles. The summed E-state index contributed by atoms with van der Waals surface area (Å²) in [6.07, 6.45) is 0. The van der Waals surface area contributed by atoms with E-state index in [0.29, 0.717) is 0 Å². The molecule has 166 valence electrons. The maximum Gasteiger partial charge on any atom is 0.274 e. The van der Waals surface area contributed by atoms with E-state index >= 15 is 0 Å². The fraction of sp³-hybridized carbons (Fsp3) is 0.0952. The highest BCUT2D eigenvalue weighted by atomic mass is 35.5. The van der Waals surface area contributed by atoms with Crippen LogP contribution < -0.4 is 9.62 Å². The van der Waals surface area contributed by atoms with Crippen LogP contribution in [0.4, 0.5) is 17.1 Å². The molecule has 0 aliphatic rings. The summed E-state index contributed by atoms with van der Waals surface area (Å²) in [5, 5.41) is 14.0. The van der Waals surface area contributed by atoms with Gasteiger partial charge in [0.15, 0.2) is 0 Å². The highest BCUT2D eigenvalue weighted by Gasteiger charge is 2.28. The van der Waals surface area contributed by atoms with Gasteiger partial charge in [-0.25, -0.2) is 8.42 Å². The highest BCUT2D eigenvalue weighted by Crippen LogP contribution is 2.31. The Hall–Kier alpha value is -3.14. The van der Waals surface area contributed by atoms with Gasteiger partial charge in [0.1, 0.15) is 6.54 Å². The Morgan fingerprint density at radius 2 is 1.72 bits per heavy atom. The van der Waals surface area contributed by atoms with Crippen LogP contribution in [0, 0.1) is 17.0 Å². The summed E-state index contributed by atoms with van der Waals surface area (Å²) in [6.45, 7) is 0.891. The summed E-state index contributed by atoms with van der Waals surface area (Å²) in [5.41, 5.74) is 0.420. The normalized spacial score (nSPS) is 11.1. The van der Waals surface area contributed by atoms with Crippen molar-refractivity contribution in [1.29, 1.82) is 0 Å². The minimum Gasteiger partial charge on any atom is -0.324 e. The van der Waals surface area contributed by atoms with E-state index < -0.39 is 27.4 Å². The Balaban J connectivity index is 1.98. The molecule has 0 aliphatic heterocycles. The number of nitro groups is 1. The van der Waals surface area contributed by atoms with Gasteiger partial charge < -0.3 is 5.32 Å². The first kappa shape index (κ1) is 23.5. The molecular weight excluding hydrogens is 477 g/mol. The number of nitro benzene ring substituents is 1. The Morgan fingerprint density at radius 3 is 2.34 bits per heavy atom. The molecule has 1 N–H and O–H groups in total. The van der Waals surface area contributed by atoms with Crippen LogP contribution in [-0.4, -0.2) is 25.8 Å². The van der Waals surface area contributed by atoms with E-state index in [-0.39, 0.29) is 37.6 Å². The molecule has 32 heavy (non-hydrogen) atoms. The van der Waals surface area contributed by atoms with Crippen LogP contribution in [-0.2, 0) is 14.8 Å². The molecule has 3 aromatic carbocycles. The smallest absolute Gasteiger partial charge is 0.274 e. The van der Waals surface area contributed by atoms with Crippen molar-refractivity contribution < 1.29 is 18.1 Å². The minimum absolute atomic E-state index is 0.0228. The van der Waals surface area contributed by atoms with Crippen molar-refractivity contribution in [2.24, 2.45) is 0 Å². The standard InChI is InChI=1S/C21H17Cl2N3O5S/c1-14-19(8-5-9-20(14)26(28)29)24-21(27)13-25(15-10-11-17(22)18(23)12-15)32(30,31)16-6-3-2-4-7-16/h2-12H,13H2,1H3,(H,24,27). The average molecular weight is 494 g/mol. The van der Waals surface area contributed by atoms with E-state index in [1.807, 2.05) is 0 Å². The second kappa shape index (κ2) is 9.56. The third kappa shape index (κ3) is 5.01. The molecular formula is C21H17Cl2N3O5S. The minimum atomic E-state index is -4.14. The molecule has 3 aromatic rings. The molecule has 11 heteroatoms. The number of hydrogen-bond donors (Lipinski definition) is 1. The Labute approximate surface area is 194 Å². The fourth-order valence-electron chi connectivity index (χ4n) is 2.95. The van der Waals surface area contributed by atoms with Gasteiger partial charge >= 0.3 is 0 Å².